The molecule has 0 bridgehead atoms. The maximum Gasteiger partial charge on any atom is 0.332 e. The second kappa shape index (κ2) is 6.69. The predicted octanol–water partition coefficient (Wildman–Crippen LogP) is 1.98. The van der Waals surface area contributed by atoms with E-state index in [-0.39, 0.29) is 11.5 Å². The highest BCUT2D eigenvalue weighted by Gasteiger charge is 2.21. The molecule has 7 heteroatoms. The van der Waals surface area contributed by atoms with Crippen molar-refractivity contribution in [2.75, 3.05) is 5.73 Å². The third-order valence-corrected chi connectivity index (χ3v) is 4.15. The Labute approximate surface area is 122 Å². The molecule has 0 radical (unpaired) electrons. The van der Waals surface area contributed by atoms with Crippen LogP contribution in [-0.4, -0.2) is 9.13 Å². The summed E-state index contributed by atoms with van der Waals surface area (Å²) in [6.07, 6.45) is 6.15. The number of hydrogen-bond donors (Lipinski definition) is 1. The standard InChI is InChI=1S/C14H22N4O3/c1-2-8-17-12(15)11(16-21)13(19)18(14(17)20)9-10-6-4-3-5-7-10/h10H,2-9,15H2,1H3. The van der Waals surface area contributed by atoms with Crippen LogP contribution in [0.5, 0.6) is 0 Å². The highest BCUT2D eigenvalue weighted by molar-refractivity contribution is 5.55. The first-order valence-corrected chi connectivity index (χ1v) is 7.56. The summed E-state index contributed by atoms with van der Waals surface area (Å²) in [6.45, 7) is 2.62. The molecule has 1 aromatic rings. The van der Waals surface area contributed by atoms with E-state index >= 15 is 0 Å². The van der Waals surface area contributed by atoms with Gasteiger partial charge in [-0.3, -0.25) is 13.9 Å². The molecule has 0 amide bonds. The van der Waals surface area contributed by atoms with Crippen LogP contribution in [0.2, 0.25) is 0 Å². The molecule has 1 aromatic heterocycles. The van der Waals surface area contributed by atoms with Gasteiger partial charge < -0.3 is 5.73 Å². The summed E-state index contributed by atoms with van der Waals surface area (Å²) in [5, 5.41) is 2.74. The molecule has 0 atom stereocenters. The van der Waals surface area contributed by atoms with Gasteiger partial charge in [0.05, 0.1) is 0 Å². The normalized spacial score (nSPS) is 16.0. The van der Waals surface area contributed by atoms with E-state index in [9.17, 15) is 14.5 Å². The Hall–Kier alpha value is -1.92. The van der Waals surface area contributed by atoms with Gasteiger partial charge in [0.2, 0.25) is 5.69 Å². The lowest BCUT2D eigenvalue weighted by atomic mass is 9.89. The van der Waals surface area contributed by atoms with E-state index in [0.717, 1.165) is 30.3 Å². The van der Waals surface area contributed by atoms with Crippen molar-refractivity contribution >= 4 is 11.5 Å². The SMILES string of the molecule is CCCn1c(N)c(N=O)c(=O)n(CC2CCCCC2)c1=O. The molecule has 0 aromatic carbocycles. The Morgan fingerprint density at radius 2 is 1.86 bits per heavy atom. The van der Waals surface area contributed by atoms with Crippen LogP contribution in [0.15, 0.2) is 14.8 Å². The average molecular weight is 294 g/mol. The van der Waals surface area contributed by atoms with Crippen LogP contribution in [0.25, 0.3) is 0 Å². The van der Waals surface area contributed by atoms with Gasteiger partial charge in [-0.25, -0.2) is 4.79 Å². The molecule has 2 N–H and O–H groups in total. The van der Waals surface area contributed by atoms with Gasteiger partial charge >= 0.3 is 5.69 Å². The first-order valence-electron chi connectivity index (χ1n) is 7.56. The minimum Gasteiger partial charge on any atom is -0.383 e. The van der Waals surface area contributed by atoms with Crippen LogP contribution < -0.4 is 17.0 Å². The minimum atomic E-state index is -0.662. The van der Waals surface area contributed by atoms with Gasteiger partial charge in [0.15, 0.2) is 0 Å². The summed E-state index contributed by atoms with van der Waals surface area (Å²) < 4.78 is 2.42. The molecule has 2 rings (SSSR count). The molecule has 21 heavy (non-hydrogen) atoms. The average Bonchev–Trinajstić information content (AvgIpc) is 2.50. The quantitative estimate of drug-likeness (QED) is 0.839. The maximum absolute atomic E-state index is 12.4. The van der Waals surface area contributed by atoms with E-state index in [0.29, 0.717) is 25.4 Å². The highest BCUT2D eigenvalue weighted by Crippen LogP contribution is 2.24. The Morgan fingerprint density at radius 3 is 2.43 bits per heavy atom. The lowest BCUT2D eigenvalue weighted by Crippen LogP contribution is -2.42. The molecule has 0 unspecified atom stereocenters. The second-order valence-corrected chi connectivity index (χ2v) is 5.68. The van der Waals surface area contributed by atoms with E-state index in [2.05, 4.69) is 5.18 Å². The van der Waals surface area contributed by atoms with Crippen molar-refractivity contribution in [1.82, 2.24) is 9.13 Å². The van der Waals surface area contributed by atoms with Crippen molar-refractivity contribution < 1.29 is 0 Å². The predicted molar refractivity (Wildman–Crippen MR) is 81.7 cm³/mol. The Balaban J connectivity index is 2.48. The van der Waals surface area contributed by atoms with Crippen LogP contribution in [0.1, 0.15) is 45.4 Å². The Bertz CT molecular complexity index is 626. The van der Waals surface area contributed by atoms with E-state index in [1.807, 2.05) is 6.92 Å². The fourth-order valence-electron chi connectivity index (χ4n) is 3.02. The van der Waals surface area contributed by atoms with Crippen molar-refractivity contribution in [3.05, 3.63) is 25.7 Å². The monoisotopic (exact) mass is 294 g/mol. The van der Waals surface area contributed by atoms with Crippen LogP contribution in [0.4, 0.5) is 11.5 Å². The number of nitrogens with two attached hydrogens (primary N) is 1. The van der Waals surface area contributed by atoms with Crippen LogP contribution in [-0.2, 0) is 13.1 Å². The second-order valence-electron chi connectivity index (χ2n) is 5.68. The Kier molecular flexibility index (Phi) is 4.93. The Morgan fingerprint density at radius 1 is 1.19 bits per heavy atom. The number of nitroso groups, excluding NO2 is 1. The van der Waals surface area contributed by atoms with Gasteiger partial charge in [-0.15, -0.1) is 4.91 Å². The van der Waals surface area contributed by atoms with E-state index < -0.39 is 11.2 Å². The van der Waals surface area contributed by atoms with E-state index in [1.165, 1.54) is 11.0 Å². The van der Waals surface area contributed by atoms with Crippen molar-refractivity contribution in [3.63, 3.8) is 0 Å². The number of anilines is 1. The van der Waals surface area contributed by atoms with Crippen LogP contribution >= 0.6 is 0 Å². The van der Waals surface area contributed by atoms with Gasteiger partial charge in [-0.05, 0) is 30.4 Å². The number of nitrogen functional groups attached to an aromatic ring is 1. The van der Waals surface area contributed by atoms with Gasteiger partial charge in [-0.1, -0.05) is 26.2 Å². The summed E-state index contributed by atoms with van der Waals surface area (Å²) in [4.78, 5) is 35.6. The fraction of sp³-hybridized carbons (Fsp3) is 0.714. The first kappa shape index (κ1) is 15.5. The maximum atomic E-state index is 12.4. The smallest absolute Gasteiger partial charge is 0.332 e. The van der Waals surface area contributed by atoms with E-state index in [4.69, 9.17) is 5.73 Å². The zero-order valence-electron chi connectivity index (χ0n) is 12.4. The van der Waals surface area contributed by atoms with Gasteiger partial charge in [0.25, 0.3) is 5.56 Å². The highest BCUT2D eigenvalue weighted by atomic mass is 16.3. The summed E-state index contributed by atoms with van der Waals surface area (Å²) in [5.74, 6) is 0.184. The van der Waals surface area contributed by atoms with Crippen LogP contribution in [0, 0.1) is 10.8 Å². The molecule has 0 spiro atoms. The molecule has 7 nitrogen and oxygen atoms in total. The molecule has 1 saturated carbocycles. The largest absolute Gasteiger partial charge is 0.383 e. The lowest BCUT2D eigenvalue weighted by Gasteiger charge is -2.22. The van der Waals surface area contributed by atoms with Gasteiger partial charge in [0.1, 0.15) is 5.82 Å². The third-order valence-electron chi connectivity index (χ3n) is 4.15. The zero-order valence-corrected chi connectivity index (χ0v) is 12.4. The summed E-state index contributed by atoms with van der Waals surface area (Å²) >= 11 is 0. The van der Waals surface area contributed by atoms with Crippen molar-refractivity contribution in [3.8, 4) is 0 Å². The van der Waals surface area contributed by atoms with Gasteiger partial charge in [0, 0.05) is 13.1 Å². The third kappa shape index (κ3) is 3.06. The van der Waals surface area contributed by atoms with Crippen LogP contribution in [0.3, 0.4) is 0 Å². The molecule has 1 heterocycles. The summed E-state index contributed by atoms with van der Waals surface area (Å²) in [7, 11) is 0. The minimum absolute atomic E-state index is 0.123. The van der Waals surface area contributed by atoms with Crippen molar-refractivity contribution in [2.45, 2.75) is 58.5 Å². The van der Waals surface area contributed by atoms with Crippen molar-refractivity contribution in [2.24, 2.45) is 11.1 Å². The molecular formula is C14H22N4O3. The molecule has 1 aliphatic carbocycles. The molecule has 1 aliphatic rings. The topological polar surface area (TPSA) is 99.4 Å². The van der Waals surface area contributed by atoms with E-state index in [1.54, 1.807) is 0 Å². The first-order chi connectivity index (χ1) is 10.1. The lowest BCUT2D eigenvalue weighted by molar-refractivity contribution is 0.308. The molecule has 0 aliphatic heterocycles. The molecule has 116 valence electrons. The zero-order chi connectivity index (χ0) is 15.4. The number of nitrogens with zero attached hydrogens (tertiary/aromatic N) is 3. The molecule has 0 saturated heterocycles. The number of hydrogen-bond acceptors (Lipinski definition) is 5. The number of rotatable bonds is 5. The summed E-state index contributed by atoms with van der Waals surface area (Å²) in [6, 6.07) is 0. The van der Waals surface area contributed by atoms with Gasteiger partial charge in [-0.2, -0.15) is 0 Å². The van der Waals surface area contributed by atoms with Crippen molar-refractivity contribution in [1.29, 1.82) is 0 Å². The number of aromatic nitrogens is 2. The summed E-state index contributed by atoms with van der Waals surface area (Å²) in [5.41, 5.74) is 4.30. The molecular weight excluding hydrogens is 272 g/mol. The molecule has 1 fully saturated rings. The fourth-order valence-corrected chi connectivity index (χ4v) is 3.02.